The molecule has 0 amide bonds. The summed E-state index contributed by atoms with van der Waals surface area (Å²) in [4.78, 5) is 2.42. The predicted molar refractivity (Wildman–Crippen MR) is 75.2 cm³/mol. The molecule has 1 aliphatic rings. The lowest BCUT2D eigenvalue weighted by molar-refractivity contribution is 0.270. The van der Waals surface area contributed by atoms with E-state index in [9.17, 15) is 8.42 Å². The van der Waals surface area contributed by atoms with E-state index in [0.29, 0.717) is 12.5 Å². The van der Waals surface area contributed by atoms with Crippen molar-refractivity contribution in [1.82, 2.24) is 4.90 Å². The normalized spacial score (nSPS) is 20.8. The van der Waals surface area contributed by atoms with Crippen molar-refractivity contribution in [3.05, 3.63) is 35.9 Å². The van der Waals surface area contributed by atoms with Gasteiger partial charge in [0.25, 0.3) is 10.1 Å². The molecule has 0 spiro atoms. The van der Waals surface area contributed by atoms with Crippen LogP contribution in [0.1, 0.15) is 18.4 Å². The molecule has 1 saturated heterocycles. The molecule has 0 saturated carbocycles. The highest BCUT2D eigenvalue weighted by Crippen LogP contribution is 2.21. The van der Waals surface area contributed by atoms with Crippen molar-refractivity contribution in [3.8, 4) is 0 Å². The molecule has 5 heteroatoms. The largest absolute Gasteiger partial charge is 0.299 e. The summed E-state index contributed by atoms with van der Waals surface area (Å²) in [5, 5.41) is 0. The number of likely N-dealkylation sites (tertiary alicyclic amines) is 1. The van der Waals surface area contributed by atoms with Crippen molar-refractivity contribution >= 4 is 10.1 Å². The Morgan fingerprint density at radius 1 is 1.32 bits per heavy atom. The van der Waals surface area contributed by atoms with Crippen LogP contribution in [0.5, 0.6) is 0 Å². The van der Waals surface area contributed by atoms with Crippen LogP contribution in [0.4, 0.5) is 0 Å². The Hall–Kier alpha value is -0.910. The molecule has 0 N–H and O–H groups in total. The van der Waals surface area contributed by atoms with Crippen LogP contribution in [0.15, 0.2) is 30.3 Å². The Labute approximate surface area is 115 Å². The molecule has 1 aromatic rings. The van der Waals surface area contributed by atoms with Gasteiger partial charge in [0, 0.05) is 13.1 Å². The molecule has 19 heavy (non-hydrogen) atoms. The lowest BCUT2D eigenvalue weighted by atomic mass is 10.1. The average molecular weight is 283 g/mol. The molecule has 1 aromatic carbocycles. The summed E-state index contributed by atoms with van der Waals surface area (Å²) < 4.78 is 26.6. The fourth-order valence-electron chi connectivity index (χ4n) is 2.50. The topological polar surface area (TPSA) is 46.6 Å². The van der Waals surface area contributed by atoms with Gasteiger partial charge in [-0.3, -0.25) is 9.08 Å². The molecule has 0 bridgehead atoms. The highest BCUT2D eigenvalue weighted by Gasteiger charge is 2.22. The fourth-order valence-corrected chi connectivity index (χ4v) is 2.90. The molecule has 106 valence electrons. The van der Waals surface area contributed by atoms with E-state index in [1.54, 1.807) is 0 Å². The molecule has 1 unspecified atom stereocenters. The Kier molecular flexibility index (Phi) is 4.96. The molecule has 1 aliphatic heterocycles. The van der Waals surface area contributed by atoms with E-state index >= 15 is 0 Å². The van der Waals surface area contributed by atoms with Crippen molar-refractivity contribution in [1.29, 1.82) is 0 Å². The van der Waals surface area contributed by atoms with Gasteiger partial charge in [-0.15, -0.1) is 0 Å². The van der Waals surface area contributed by atoms with Gasteiger partial charge in [0.1, 0.15) is 0 Å². The van der Waals surface area contributed by atoms with Crippen LogP contribution in [-0.4, -0.2) is 39.3 Å². The van der Waals surface area contributed by atoms with Crippen molar-refractivity contribution in [2.75, 3.05) is 26.0 Å². The standard InChI is InChI=1S/C14H21NO3S/c1-19(16,17)18-10-8-14-7-9-15(12-14)11-13-5-3-2-4-6-13/h2-6,14H,7-12H2,1H3. The maximum atomic E-state index is 10.9. The second-order valence-electron chi connectivity index (χ2n) is 5.19. The van der Waals surface area contributed by atoms with Gasteiger partial charge in [-0.1, -0.05) is 30.3 Å². The van der Waals surface area contributed by atoms with Crippen molar-refractivity contribution in [2.24, 2.45) is 5.92 Å². The summed E-state index contributed by atoms with van der Waals surface area (Å²) in [7, 11) is -3.29. The maximum absolute atomic E-state index is 10.9. The first kappa shape index (κ1) is 14.5. The van der Waals surface area contributed by atoms with E-state index in [1.165, 1.54) is 5.56 Å². The third-order valence-corrected chi connectivity index (χ3v) is 4.04. The molecule has 0 aromatic heterocycles. The van der Waals surface area contributed by atoms with Crippen LogP contribution in [0.2, 0.25) is 0 Å². The van der Waals surface area contributed by atoms with Crippen LogP contribution in [0.3, 0.4) is 0 Å². The third-order valence-electron chi connectivity index (χ3n) is 3.44. The minimum atomic E-state index is -3.29. The first-order valence-electron chi connectivity index (χ1n) is 6.63. The summed E-state index contributed by atoms with van der Waals surface area (Å²) in [6, 6.07) is 10.4. The van der Waals surface area contributed by atoms with Gasteiger partial charge in [-0.05, 0) is 30.9 Å². The number of rotatable bonds is 6. The van der Waals surface area contributed by atoms with Gasteiger partial charge < -0.3 is 0 Å². The van der Waals surface area contributed by atoms with Crippen molar-refractivity contribution in [2.45, 2.75) is 19.4 Å². The van der Waals surface area contributed by atoms with Gasteiger partial charge >= 0.3 is 0 Å². The van der Waals surface area contributed by atoms with Crippen LogP contribution >= 0.6 is 0 Å². The molecule has 1 fully saturated rings. The summed E-state index contributed by atoms with van der Waals surface area (Å²) in [5.74, 6) is 0.547. The summed E-state index contributed by atoms with van der Waals surface area (Å²) in [6.45, 7) is 3.40. The Morgan fingerprint density at radius 3 is 2.74 bits per heavy atom. The number of hydrogen-bond acceptors (Lipinski definition) is 4. The first-order chi connectivity index (χ1) is 9.03. The molecule has 1 heterocycles. The average Bonchev–Trinajstić information content (AvgIpc) is 2.76. The van der Waals surface area contributed by atoms with E-state index in [1.807, 2.05) is 6.07 Å². The Balaban J connectivity index is 1.71. The smallest absolute Gasteiger partial charge is 0.264 e. The number of nitrogens with zero attached hydrogens (tertiary/aromatic N) is 1. The Morgan fingerprint density at radius 2 is 2.05 bits per heavy atom. The fraction of sp³-hybridized carbons (Fsp3) is 0.571. The summed E-state index contributed by atoms with van der Waals surface area (Å²) >= 11 is 0. The van der Waals surface area contributed by atoms with Gasteiger partial charge in [-0.2, -0.15) is 8.42 Å². The van der Waals surface area contributed by atoms with Crippen LogP contribution in [0, 0.1) is 5.92 Å². The molecular formula is C14H21NO3S. The minimum Gasteiger partial charge on any atom is -0.299 e. The van der Waals surface area contributed by atoms with E-state index < -0.39 is 10.1 Å². The molecular weight excluding hydrogens is 262 g/mol. The first-order valence-corrected chi connectivity index (χ1v) is 8.45. The monoisotopic (exact) mass is 283 g/mol. The maximum Gasteiger partial charge on any atom is 0.264 e. The van der Waals surface area contributed by atoms with Crippen LogP contribution in [-0.2, 0) is 20.8 Å². The molecule has 2 rings (SSSR count). The van der Waals surface area contributed by atoms with Gasteiger partial charge in [-0.25, -0.2) is 0 Å². The zero-order chi connectivity index (χ0) is 13.7. The zero-order valence-corrected chi connectivity index (χ0v) is 12.1. The SMILES string of the molecule is CS(=O)(=O)OCCC1CCN(Cc2ccccc2)C1. The van der Waals surface area contributed by atoms with Gasteiger partial charge in [0.15, 0.2) is 0 Å². The van der Waals surface area contributed by atoms with Gasteiger partial charge in [0.2, 0.25) is 0 Å². The molecule has 4 nitrogen and oxygen atoms in total. The lowest BCUT2D eigenvalue weighted by Gasteiger charge is -2.16. The molecule has 0 radical (unpaired) electrons. The number of hydrogen-bond donors (Lipinski definition) is 0. The Bertz CT molecular complexity index is 487. The highest BCUT2D eigenvalue weighted by molar-refractivity contribution is 7.85. The van der Waals surface area contributed by atoms with Crippen LogP contribution < -0.4 is 0 Å². The quantitative estimate of drug-likeness (QED) is 0.748. The highest BCUT2D eigenvalue weighted by atomic mass is 32.2. The van der Waals surface area contributed by atoms with Crippen LogP contribution in [0.25, 0.3) is 0 Å². The predicted octanol–water partition coefficient (Wildman–Crippen LogP) is 1.87. The van der Waals surface area contributed by atoms with Gasteiger partial charge in [0.05, 0.1) is 12.9 Å². The van der Waals surface area contributed by atoms with Crippen molar-refractivity contribution < 1.29 is 12.6 Å². The van der Waals surface area contributed by atoms with E-state index in [0.717, 1.165) is 38.7 Å². The van der Waals surface area contributed by atoms with E-state index in [2.05, 4.69) is 29.2 Å². The van der Waals surface area contributed by atoms with Crippen molar-refractivity contribution in [3.63, 3.8) is 0 Å². The summed E-state index contributed by atoms with van der Waals surface area (Å²) in [5.41, 5.74) is 1.33. The third kappa shape index (κ3) is 5.30. The van der Waals surface area contributed by atoms with E-state index in [-0.39, 0.29) is 0 Å². The summed E-state index contributed by atoms with van der Waals surface area (Å²) in [6.07, 6.45) is 3.04. The van der Waals surface area contributed by atoms with E-state index in [4.69, 9.17) is 4.18 Å². The second kappa shape index (κ2) is 6.50. The molecule has 1 atom stereocenters. The number of benzene rings is 1. The zero-order valence-electron chi connectivity index (χ0n) is 11.3. The molecule has 0 aliphatic carbocycles. The second-order valence-corrected chi connectivity index (χ2v) is 6.83. The minimum absolute atomic E-state index is 0.308. The lowest BCUT2D eigenvalue weighted by Crippen LogP contribution is -2.20.